The second kappa shape index (κ2) is 6.48. The van der Waals surface area contributed by atoms with Gasteiger partial charge in [-0.05, 0) is 67.5 Å². The molecule has 0 aliphatic carbocycles. The normalized spacial score (nSPS) is 12.4. The van der Waals surface area contributed by atoms with E-state index in [0.29, 0.717) is 0 Å². The summed E-state index contributed by atoms with van der Waals surface area (Å²) in [6.45, 7) is 4.30. The first kappa shape index (κ1) is 13.8. The smallest absolute Gasteiger partial charge is 0.0270 e. The number of hydrogen-bond acceptors (Lipinski definition) is 2. The van der Waals surface area contributed by atoms with Gasteiger partial charge in [-0.15, -0.1) is 0 Å². The van der Waals surface area contributed by atoms with E-state index in [-0.39, 0.29) is 6.04 Å². The molecular formula is C17H22N2. The lowest BCUT2D eigenvalue weighted by Gasteiger charge is -2.12. The van der Waals surface area contributed by atoms with Gasteiger partial charge < -0.3 is 5.73 Å². The zero-order chi connectivity index (χ0) is 13.7. The van der Waals surface area contributed by atoms with Gasteiger partial charge in [0.05, 0.1) is 0 Å². The molecule has 0 aliphatic heterocycles. The van der Waals surface area contributed by atoms with Crippen LogP contribution < -0.4 is 5.73 Å². The van der Waals surface area contributed by atoms with Gasteiger partial charge in [0.25, 0.3) is 0 Å². The fourth-order valence-corrected chi connectivity index (χ4v) is 2.24. The molecule has 1 atom stereocenters. The van der Waals surface area contributed by atoms with E-state index >= 15 is 0 Å². The lowest BCUT2D eigenvalue weighted by atomic mass is 9.98. The van der Waals surface area contributed by atoms with Crippen LogP contribution in [0.2, 0.25) is 0 Å². The number of pyridine rings is 1. The fraction of sp³-hybridized carbons (Fsp3) is 0.353. The Morgan fingerprint density at radius 3 is 2.42 bits per heavy atom. The Balaban J connectivity index is 1.87. The van der Waals surface area contributed by atoms with Crippen LogP contribution in [0, 0.1) is 13.8 Å². The van der Waals surface area contributed by atoms with Crippen molar-refractivity contribution in [2.24, 2.45) is 5.73 Å². The van der Waals surface area contributed by atoms with Crippen LogP contribution >= 0.6 is 0 Å². The first-order chi connectivity index (χ1) is 9.15. The van der Waals surface area contributed by atoms with Gasteiger partial charge in [-0.1, -0.05) is 18.2 Å². The summed E-state index contributed by atoms with van der Waals surface area (Å²) in [5, 5.41) is 0. The zero-order valence-corrected chi connectivity index (χ0v) is 11.8. The minimum atomic E-state index is 0.218. The summed E-state index contributed by atoms with van der Waals surface area (Å²) in [4.78, 5) is 4.03. The average Bonchev–Trinajstić information content (AvgIpc) is 2.42. The Hall–Kier alpha value is -1.67. The van der Waals surface area contributed by atoms with E-state index in [4.69, 9.17) is 5.73 Å². The van der Waals surface area contributed by atoms with Crippen LogP contribution in [0.15, 0.2) is 42.7 Å². The van der Waals surface area contributed by atoms with Gasteiger partial charge in [-0.2, -0.15) is 0 Å². The molecule has 2 aromatic rings. The quantitative estimate of drug-likeness (QED) is 0.890. The number of rotatable bonds is 5. The minimum absolute atomic E-state index is 0.218. The summed E-state index contributed by atoms with van der Waals surface area (Å²) in [6.07, 6.45) is 6.66. The molecule has 0 fully saturated rings. The summed E-state index contributed by atoms with van der Waals surface area (Å²) in [5.74, 6) is 0. The Morgan fingerprint density at radius 1 is 1.00 bits per heavy atom. The molecule has 0 radical (unpaired) electrons. The summed E-state index contributed by atoms with van der Waals surface area (Å²) >= 11 is 0. The lowest BCUT2D eigenvalue weighted by Crippen LogP contribution is -2.23. The molecule has 1 aromatic carbocycles. The predicted octanol–water partition coefficient (Wildman–Crippen LogP) is 3.20. The highest BCUT2D eigenvalue weighted by atomic mass is 14.6. The molecule has 0 spiro atoms. The maximum Gasteiger partial charge on any atom is 0.0270 e. The molecule has 0 amide bonds. The first-order valence-corrected chi connectivity index (χ1v) is 6.86. The van der Waals surface area contributed by atoms with Crippen molar-refractivity contribution in [3.8, 4) is 0 Å². The van der Waals surface area contributed by atoms with Gasteiger partial charge in [0, 0.05) is 18.4 Å². The number of nitrogens with two attached hydrogens (primary N) is 1. The third-order valence-corrected chi connectivity index (χ3v) is 3.62. The van der Waals surface area contributed by atoms with E-state index in [0.717, 1.165) is 19.3 Å². The molecule has 1 aromatic heterocycles. The van der Waals surface area contributed by atoms with Crippen LogP contribution in [0.5, 0.6) is 0 Å². The van der Waals surface area contributed by atoms with Crippen LogP contribution in [0.4, 0.5) is 0 Å². The van der Waals surface area contributed by atoms with Gasteiger partial charge in [0.15, 0.2) is 0 Å². The van der Waals surface area contributed by atoms with Crippen LogP contribution in [-0.2, 0) is 12.8 Å². The average molecular weight is 254 g/mol. The van der Waals surface area contributed by atoms with E-state index in [2.05, 4.69) is 49.2 Å². The van der Waals surface area contributed by atoms with Crippen LogP contribution in [0.25, 0.3) is 0 Å². The molecule has 0 aliphatic rings. The van der Waals surface area contributed by atoms with Gasteiger partial charge in [-0.25, -0.2) is 0 Å². The van der Waals surface area contributed by atoms with Crippen molar-refractivity contribution >= 4 is 0 Å². The number of nitrogens with zero attached hydrogens (tertiary/aromatic N) is 1. The standard InChI is InChI=1S/C17H22N2/c1-13-3-4-16(11-14(13)2)12-17(18)6-5-15-7-9-19-10-8-15/h3-4,7-11,17H,5-6,12,18H2,1-2H3. The van der Waals surface area contributed by atoms with E-state index in [1.807, 2.05) is 12.4 Å². The number of hydrogen-bond donors (Lipinski definition) is 1. The third kappa shape index (κ3) is 4.18. The lowest BCUT2D eigenvalue weighted by molar-refractivity contribution is 0.610. The van der Waals surface area contributed by atoms with Gasteiger partial charge in [-0.3, -0.25) is 4.98 Å². The molecule has 1 unspecified atom stereocenters. The Bertz CT molecular complexity index is 520. The predicted molar refractivity (Wildman–Crippen MR) is 80.2 cm³/mol. The van der Waals surface area contributed by atoms with Crippen molar-refractivity contribution in [1.82, 2.24) is 4.98 Å². The Kier molecular flexibility index (Phi) is 4.69. The summed E-state index contributed by atoms with van der Waals surface area (Å²) in [5.41, 5.74) is 11.6. The van der Waals surface area contributed by atoms with E-state index < -0.39 is 0 Å². The van der Waals surface area contributed by atoms with Crippen LogP contribution in [0.3, 0.4) is 0 Å². The molecule has 2 nitrogen and oxygen atoms in total. The monoisotopic (exact) mass is 254 g/mol. The first-order valence-electron chi connectivity index (χ1n) is 6.86. The Morgan fingerprint density at radius 2 is 1.74 bits per heavy atom. The maximum atomic E-state index is 6.23. The van der Waals surface area contributed by atoms with Crippen LogP contribution in [-0.4, -0.2) is 11.0 Å². The summed E-state index contributed by atoms with van der Waals surface area (Å²) < 4.78 is 0. The molecule has 19 heavy (non-hydrogen) atoms. The molecule has 100 valence electrons. The molecule has 1 heterocycles. The van der Waals surface area contributed by atoms with Crippen molar-refractivity contribution in [2.75, 3.05) is 0 Å². The van der Waals surface area contributed by atoms with Crippen molar-refractivity contribution in [3.63, 3.8) is 0 Å². The molecule has 0 saturated carbocycles. The van der Waals surface area contributed by atoms with Crippen molar-refractivity contribution in [1.29, 1.82) is 0 Å². The molecular weight excluding hydrogens is 232 g/mol. The Labute approximate surface area is 115 Å². The van der Waals surface area contributed by atoms with Gasteiger partial charge in [0.1, 0.15) is 0 Å². The van der Waals surface area contributed by atoms with Gasteiger partial charge >= 0.3 is 0 Å². The number of aromatic nitrogens is 1. The van der Waals surface area contributed by atoms with Crippen molar-refractivity contribution < 1.29 is 0 Å². The second-order valence-electron chi connectivity index (χ2n) is 5.28. The summed E-state index contributed by atoms with van der Waals surface area (Å²) in [7, 11) is 0. The SMILES string of the molecule is Cc1ccc(CC(N)CCc2ccncc2)cc1C. The number of benzene rings is 1. The third-order valence-electron chi connectivity index (χ3n) is 3.62. The molecule has 2 rings (SSSR count). The highest BCUT2D eigenvalue weighted by Crippen LogP contribution is 2.13. The molecule has 2 N–H and O–H groups in total. The molecule has 0 bridgehead atoms. The summed E-state index contributed by atoms with van der Waals surface area (Å²) in [6, 6.07) is 11.0. The highest BCUT2D eigenvalue weighted by Gasteiger charge is 2.05. The molecule has 2 heteroatoms. The van der Waals surface area contributed by atoms with E-state index in [9.17, 15) is 0 Å². The van der Waals surface area contributed by atoms with E-state index in [1.54, 1.807) is 0 Å². The van der Waals surface area contributed by atoms with E-state index in [1.165, 1.54) is 22.3 Å². The topological polar surface area (TPSA) is 38.9 Å². The number of aryl methyl sites for hydroxylation is 3. The van der Waals surface area contributed by atoms with Crippen molar-refractivity contribution in [3.05, 3.63) is 65.0 Å². The van der Waals surface area contributed by atoms with Crippen molar-refractivity contribution in [2.45, 2.75) is 39.2 Å². The zero-order valence-electron chi connectivity index (χ0n) is 11.8. The van der Waals surface area contributed by atoms with Gasteiger partial charge in [0.2, 0.25) is 0 Å². The minimum Gasteiger partial charge on any atom is -0.327 e. The highest BCUT2D eigenvalue weighted by molar-refractivity contribution is 5.30. The second-order valence-corrected chi connectivity index (χ2v) is 5.28. The maximum absolute atomic E-state index is 6.23. The fourth-order valence-electron chi connectivity index (χ4n) is 2.24. The van der Waals surface area contributed by atoms with Crippen LogP contribution in [0.1, 0.15) is 28.7 Å². The largest absolute Gasteiger partial charge is 0.327 e. The molecule has 0 saturated heterocycles.